The molecule has 0 amide bonds. The highest BCUT2D eigenvalue weighted by Gasteiger charge is 2.22. The number of hydrogen-bond donors (Lipinski definition) is 0. The van der Waals surface area contributed by atoms with Crippen molar-refractivity contribution in [2.24, 2.45) is 0 Å². The van der Waals surface area contributed by atoms with Gasteiger partial charge in [-0.3, -0.25) is 0 Å². The van der Waals surface area contributed by atoms with Gasteiger partial charge in [-0.2, -0.15) is 0 Å². The quantitative estimate of drug-likeness (QED) is 0.513. The molecule has 0 spiro atoms. The second-order valence-electron chi connectivity index (χ2n) is 5.91. The van der Waals surface area contributed by atoms with Gasteiger partial charge in [-0.15, -0.1) is 0 Å². The highest BCUT2D eigenvalue weighted by Crippen LogP contribution is 2.19. The van der Waals surface area contributed by atoms with Gasteiger partial charge in [0.1, 0.15) is 0 Å². The molecule has 0 saturated heterocycles. The number of methoxy groups -OCH3 is 1. The molecule has 0 aromatic rings. The molecule has 116 valence electrons. The molecule has 0 unspecified atom stereocenters. The van der Waals surface area contributed by atoms with E-state index in [0.717, 1.165) is 26.1 Å². The Morgan fingerprint density at radius 2 is 1.26 bits per heavy atom. The molecular weight excluding hydrogens is 244 g/mol. The average molecular weight is 276 g/mol. The predicted octanol–water partition coefficient (Wildman–Crippen LogP) is 3.04. The van der Waals surface area contributed by atoms with E-state index in [1.165, 1.54) is 0 Å². The van der Waals surface area contributed by atoms with Crippen molar-refractivity contribution in [1.82, 2.24) is 0 Å². The van der Waals surface area contributed by atoms with Crippen LogP contribution in [0.4, 0.5) is 0 Å². The van der Waals surface area contributed by atoms with Gasteiger partial charge >= 0.3 is 0 Å². The Hall–Kier alpha value is -0.160. The molecule has 0 heterocycles. The standard InChI is InChI=1S/C15H32O4/c1-7-17-12-13-19-15(4,5)9-11-18-14(2,3)8-10-16-6/h7-13H2,1-6H3. The molecule has 19 heavy (non-hydrogen) atoms. The van der Waals surface area contributed by atoms with Gasteiger partial charge in [0.05, 0.1) is 31.0 Å². The highest BCUT2D eigenvalue weighted by atomic mass is 16.5. The van der Waals surface area contributed by atoms with E-state index in [9.17, 15) is 0 Å². The zero-order valence-corrected chi connectivity index (χ0v) is 13.6. The van der Waals surface area contributed by atoms with E-state index < -0.39 is 0 Å². The third-order valence-corrected chi connectivity index (χ3v) is 3.03. The van der Waals surface area contributed by atoms with Gasteiger partial charge in [-0.1, -0.05) is 0 Å². The summed E-state index contributed by atoms with van der Waals surface area (Å²) in [5.74, 6) is 0. The Morgan fingerprint density at radius 3 is 1.79 bits per heavy atom. The van der Waals surface area contributed by atoms with E-state index in [-0.39, 0.29) is 11.2 Å². The highest BCUT2D eigenvalue weighted by molar-refractivity contribution is 4.72. The van der Waals surface area contributed by atoms with E-state index in [4.69, 9.17) is 18.9 Å². The van der Waals surface area contributed by atoms with Gasteiger partial charge in [-0.05, 0) is 47.5 Å². The third-order valence-electron chi connectivity index (χ3n) is 3.03. The Balaban J connectivity index is 3.77. The fourth-order valence-corrected chi connectivity index (χ4v) is 1.59. The minimum absolute atomic E-state index is 0.141. The van der Waals surface area contributed by atoms with Crippen LogP contribution in [-0.4, -0.2) is 51.3 Å². The van der Waals surface area contributed by atoms with Crippen LogP contribution in [0.2, 0.25) is 0 Å². The second-order valence-corrected chi connectivity index (χ2v) is 5.91. The van der Waals surface area contributed by atoms with E-state index >= 15 is 0 Å². The summed E-state index contributed by atoms with van der Waals surface area (Å²) in [5, 5.41) is 0. The van der Waals surface area contributed by atoms with Crippen molar-refractivity contribution in [2.45, 2.75) is 58.7 Å². The fraction of sp³-hybridized carbons (Fsp3) is 1.00. The smallest absolute Gasteiger partial charge is 0.0707 e. The monoisotopic (exact) mass is 276 g/mol. The van der Waals surface area contributed by atoms with E-state index in [0.29, 0.717) is 19.8 Å². The SMILES string of the molecule is CCOCCOC(C)(C)CCOC(C)(C)CCOC. The van der Waals surface area contributed by atoms with Gasteiger partial charge < -0.3 is 18.9 Å². The molecule has 0 N–H and O–H groups in total. The van der Waals surface area contributed by atoms with Crippen molar-refractivity contribution in [3.8, 4) is 0 Å². The first-order chi connectivity index (χ1) is 8.83. The first-order valence-corrected chi connectivity index (χ1v) is 7.17. The van der Waals surface area contributed by atoms with Crippen LogP contribution in [0, 0.1) is 0 Å². The topological polar surface area (TPSA) is 36.9 Å². The molecule has 0 aliphatic heterocycles. The van der Waals surface area contributed by atoms with Crippen LogP contribution in [0.15, 0.2) is 0 Å². The Morgan fingerprint density at radius 1 is 0.737 bits per heavy atom. The summed E-state index contributed by atoms with van der Waals surface area (Å²) in [6.45, 7) is 13.8. The van der Waals surface area contributed by atoms with Crippen LogP contribution >= 0.6 is 0 Å². The summed E-state index contributed by atoms with van der Waals surface area (Å²) in [6, 6.07) is 0. The lowest BCUT2D eigenvalue weighted by Crippen LogP contribution is -2.32. The van der Waals surface area contributed by atoms with Crippen molar-refractivity contribution >= 4 is 0 Å². The number of ether oxygens (including phenoxy) is 4. The Bertz CT molecular complexity index is 214. The van der Waals surface area contributed by atoms with Crippen LogP contribution in [0.1, 0.15) is 47.5 Å². The molecule has 0 aromatic heterocycles. The summed E-state index contributed by atoms with van der Waals surface area (Å²) in [5.41, 5.74) is -0.314. The van der Waals surface area contributed by atoms with E-state index in [1.54, 1.807) is 7.11 Å². The van der Waals surface area contributed by atoms with Crippen molar-refractivity contribution in [3.05, 3.63) is 0 Å². The van der Waals surface area contributed by atoms with Crippen molar-refractivity contribution in [3.63, 3.8) is 0 Å². The van der Waals surface area contributed by atoms with Crippen LogP contribution < -0.4 is 0 Å². The summed E-state index contributed by atoms with van der Waals surface area (Å²) < 4.78 is 22.0. The normalized spacial score (nSPS) is 12.9. The van der Waals surface area contributed by atoms with Crippen molar-refractivity contribution < 1.29 is 18.9 Å². The van der Waals surface area contributed by atoms with Crippen molar-refractivity contribution in [1.29, 1.82) is 0 Å². The summed E-state index contributed by atoms with van der Waals surface area (Å²) in [6.07, 6.45) is 1.77. The minimum atomic E-state index is -0.172. The molecule has 0 aromatic carbocycles. The molecule has 0 fully saturated rings. The maximum Gasteiger partial charge on any atom is 0.0707 e. The Labute approximate surface area is 118 Å². The van der Waals surface area contributed by atoms with Gasteiger partial charge in [0, 0.05) is 20.3 Å². The fourth-order valence-electron chi connectivity index (χ4n) is 1.59. The second kappa shape index (κ2) is 9.70. The number of hydrogen-bond acceptors (Lipinski definition) is 4. The number of rotatable bonds is 12. The molecule has 0 bridgehead atoms. The summed E-state index contributed by atoms with van der Waals surface area (Å²) in [4.78, 5) is 0. The molecule has 0 saturated carbocycles. The van der Waals surface area contributed by atoms with Crippen LogP contribution in [0.3, 0.4) is 0 Å². The zero-order chi connectivity index (χ0) is 14.8. The molecule has 0 aliphatic rings. The van der Waals surface area contributed by atoms with Gasteiger partial charge in [0.25, 0.3) is 0 Å². The molecule has 0 radical (unpaired) electrons. The molecule has 0 atom stereocenters. The van der Waals surface area contributed by atoms with Crippen LogP contribution in [0.25, 0.3) is 0 Å². The maximum absolute atomic E-state index is 5.90. The minimum Gasteiger partial charge on any atom is -0.385 e. The molecular formula is C15H32O4. The zero-order valence-electron chi connectivity index (χ0n) is 13.6. The largest absolute Gasteiger partial charge is 0.385 e. The molecule has 4 nitrogen and oxygen atoms in total. The first-order valence-electron chi connectivity index (χ1n) is 7.17. The van der Waals surface area contributed by atoms with Gasteiger partial charge in [-0.25, -0.2) is 0 Å². The predicted molar refractivity (Wildman–Crippen MR) is 77.7 cm³/mol. The summed E-state index contributed by atoms with van der Waals surface area (Å²) in [7, 11) is 1.71. The average Bonchev–Trinajstić information content (AvgIpc) is 2.32. The Kier molecular flexibility index (Phi) is 9.62. The lowest BCUT2D eigenvalue weighted by Gasteiger charge is -2.29. The molecule has 4 heteroatoms. The third kappa shape index (κ3) is 11.4. The van der Waals surface area contributed by atoms with Crippen LogP contribution in [-0.2, 0) is 18.9 Å². The maximum atomic E-state index is 5.90. The summed E-state index contributed by atoms with van der Waals surface area (Å²) >= 11 is 0. The lowest BCUT2D eigenvalue weighted by molar-refractivity contribution is -0.0875. The van der Waals surface area contributed by atoms with Gasteiger partial charge in [0.2, 0.25) is 0 Å². The first kappa shape index (κ1) is 18.8. The molecule has 0 rings (SSSR count). The van der Waals surface area contributed by atoms with E-state index in [2.05, 4.69) is 27.7 Å². The lowest BCUT2D eigenvalue weighted by atomic mass is 10.0. The van der Waals surface area contributed by atoms with Crippen LogP contribution in [0.5, 0.6) is 0 Å². The van der Waals surface area contributed by atoms with Crippen molar-refractivity contribution in [2.75, 3.05) is 40.1 Å². The van der Waals surface area contributed by atoms with Gasteiger partial charge in [0.15, 0.2) is 0 Å². The molecule has 0 aliphatic carbocycles. The van der Waals surface area contributed by atoms with E-state index in [1.807, 2.05) is 6.92 Å².